The van der Waals surface area contributed by atoms with Crippen LogP contribution in [0.1, 0.15) is 30.9 Å². The largest absolute Gasteiger partial charge is 0.396 e. The summed E-state index contributed by atoms with van der Waals surface area (Å²) in [7, 11) is -3.85. The van der Waals surface area contributed by atoms with E-state index in [1.165, 1.54) is 16.1 Å². The van der Waals surface area contributed by atoms with Crippen LogP contribution in [0.25, 0.3) is 11.1 Å². The van der Waals surface area contributed by atoms with E-state index in [4.69, 9.17) is 0 Å². The third kappa shape index (κ3) is 6.78. The van der Waals surface area contributed by atoms with Crippen LogP contribution in [0, 0.1) is 5.92 Å². The molecule has 1 amide bonds. The van der Waals surface area contributed by atoms with Crippen LogP contribution >= 0.6 is 11.8 Å². The summed E-state index contributed by atoms with van der Waals surface area (Å²) in [5.74, 6) is 0.664. The van der Waals surface area contributed by atoms with Gasteiger partial charge in [0.2, 0.25) is 15.9 Å². The molecular formula is C31H37N3O4S2. The Morgan fingerprint density at radius 2 is 1.52 bits per heavy atom. The molecule has 2 fully saturated rings. The normalized spacial score (nSPS) is 19.9. The molecule has 3 aromatic carbocycles. The van der Waals surface area contributed by atoms with Gasteiger partial charge in [-0.3, -0.25) is 4.79 Å². The zero-order chi connectivity index (χ0) is 28.0. The van der Waals surface area contributed by atoms with E-state index >= 15 is 0 Å². The van der Waals surface area contributed by atoms with E-state index in [2.05, 4.69) is 10.2 Å². The van der Waals surface area contributed by atoms with Crippen molar-refractivity contribution in [3.63, 3.8) is 0 Å². The first-order chi connectivity index (χ1) is 19.5. The van der Waals surface area contributed by atoms with Gasteiger partial charge in [-0.15, -0.1) is 11.8 Å². The minimum absolute atomic E-state index is 0.193. The first-order valence-corrected chi connectivity index (χ1v) is 16.4. The van der Waals surface area contributed by atoms with Crippen LogP contribution in [0.3, 0.4) is 0 Å². The highest BCUT2D eigenvalue weighted by Gasteiger charge is 2.40. The molecule has 2 N–H and O–H groups in total. The third-order valence-corrected chi connectivity index (χ3v) is 11.1. The molecule has 9 heteroatoms. The number of piperidine rings is 1. The van der Waals surface area contributed by atoms with Crippen molar-refractivity contribution in [1.29, 1.82) is 0 Å². The van der Waals surface area contributed by atoms with Gasteiger partial charge in [0, 0.05) is 25.4 Å². The van der Waals surface area contributed by atoms with Crippen molar-refractivity contribution >= 4 is 27.7 Å². The van der Waals surface area contributed by atoms with Crippen LogP contribution in [-0.2, 0) is 14.8 Å². The van der Waals surface area contributed by atoms with Crippen LogP contribution in [0.5, 0.6) is 0 Å². The SMILES string of the molecule is O=C(NC(CCN1CCC(CO)CC1)c1ccccc1)C1SCCN1S(=O)(=O)c1ccc(-c2ccccc2)cc1. The number of aliphatic hydroxyl groups is 1. The van der Waals surface area contributed by atoms with E-state index in [1.54, 1.807) is 12.1 Å². The third-order valence-electron chi connectivity index (χ3n) is 7.86. The van der Waals surface area contributed by atoms with Gasteiger partial charge in [0.15, 0.2) is 0 Å². The van der Waals surface area contributed by atoms with Gasteiger partial charge in [-0.1, -0.05) is 72.8 Å². The van der Waals surface area contributed by atoms with Crippen LogP contribution < -0.4 is 5.32 Å². The second kappa shape index (κ2) is 13.3. The summed E-state index contributed by atoms with van der Waals surface area (Å²) in [5.41, 5.74) is 2.97. The molecule has 40 heavy (non-hydrogen) atoms. The number of carbonyl (C=O) groups excluding carboxylic acids is 1. The number of aliphatic hydroxyl groups excluding tert-OH is 1. The summed E-state index contributed by atoms with van der Waals surface area (Å²) in [6.45, 7) is 3.24. The Balaban J connectivity index is 1.27. The molecule has 0 aliphatic carbocycles. The Kier molecular flexibility index (Phi) is 9.59. The number of nitrogens with zero attached hydrogens (tertiary/aromatic N) is 2. The molecule has 7 nitrogen and oxygen atoms in total. The molecule has 0 aromatic heterocycles. The molecule has 2 aliphatic rings. The van der Waals surface area contributed by atoms with Gasteiger partial charge in [0.1, 0.15) is 5.37 Å². The van der Waals surface area contributed by atoms with Crippen LogP contribution in [0.15, 0.2) is 89.8 Å². The molecule has 0 saturated carbocycles. The van der Waals surface area contributed by atoms with Crippen LogP contribution in [0.4, 0.5) is 0 Å². The lowest BCUT2D eigenvalue weighted by Gasteiger charge is -2.32. The number of rotatable bonds is 10. The number of nitrogens with one attached hydrogen (secondary N) is 1. The Labute approximate surface area is 241 Å². The van der Waals surface area contributed by atoms with Gasteiger partial charge in [-0.05, 0) is 67.1 Å². The molecule has 2 unspecified atom stereocenters. The molecule has 0 spiro atoms. The zero-order valence-corrected chi connectivity index (χ0v) is 24.2. The van der Waals surface area contributed by atoms with Crippen molar-refractivity contribution in [2.24, 2.45) is 5.92 Å². The number of amides is 1. The average Bonchev–Trinajstić information content (AvgIpc) is 3.52. The molecule has 3 aromatic rings. The van der Waals surface area contributed by atoms with Crippen molar-refractivity contribution in [3.8, 4) is 11.1 Å². The van der Waals surface area contributed by atoms with Gasteiger partial charge < -0.3 is 15.3 Å². The standard InChI is InChI=1S/C31H37N3O4S2/c35-23-24-15-18-33(19-16-24)20-17-29(27-9-5-2-6-10-27)32-30(36)31-34(21-22-39-31)40(37,38)28-13-11-26(12-14-28)25-7-3-1-4-8-25/h1-14,24,29,31,35H,15-23H2,(H,32,36). The fraction of sp³-hybridized carbons (Fsp3) is 0.387. The zero-order valence-electron chi connectivity index (χ0n) is 22.6. The fourth-order valence-corrected chi connectivity index (χ4v) is 8.53. The molecule has 2 aliphatic heterocycles. The van der Waals surface area contributed by atoms with Crippen molar-refractivity contribution in [2.45, 2.75) is 35.6 Å². The quantitative estimate of drug-likeness (QED) is 0.371. The van der Waals surface area contributed by atoms with Crippen LogP contribution in [0.2, 0.25) is 0 Å². The maximum absolute atomic E-state index is 13.6. The van der Waals surface area contributed by atoms with Gasteiger partial charge in [0.05, 0.1) is 10.9 Å². The van der Waals surface area contributed by atoms with Crippen molar-refractivity contribution in [3.05, 3.63) is 90.5 Å². The summed E-state index contributed by atoms with van der Waals surface area (Å²) in [5, 5.41) is 11.8. The monoisotopic (exact) mass is 579 g/mol. The second-order valence-electron chi connectivity index (χ2n) is 10.5. The first kappa shape index (κ1) is 28.8. The van der Waals surface area contributed by atoms with Gasteiger partial charge in [-0.25, -0.2) is 8.42 Å². The topological polar surface area (TPSA) is 90.0 Å². The predicted octanol–water partition coefficient (Wildman–Crippen LogP) is 4.37. The van der Waals surface area contributed by atoms with E-state index < -0.39 is 15.4 Å². The molecule has 0 radical (unpaired) electrons. The van der Waals surface area contributed by atoms with E-state index in [0.29, 0.717) is 18.2 Å². The molecule has 2 heterocycles. The minimum Gasteiger partial charge on any atom is -0.396 e. The molecule has 0 bridgehead atoms. The Bertz CT molecular complexity index is 1350. The number of sulfonamides is 1. The van der Waals surface area contributed by atoms with E-state index in [0.717, 1.165) is 55.6 Å². The highest BCUT2D eigenvalue weighted by molar-refractivity contribution is 8.02. The summed E-state index contributed by atoms with van der Waals surface area (Å²) < 4.78 is 28.6. The minimum atomic E-state index is -3.85. The fourth-order valence-electron chi connectivity index (χ4n) is 5.45. The van der Waals surface area contributed by atoms with E-state index in [-0.39, 0.29) is 23.5 Å². The summed E-state index contributed by atoms with van der Waals surface area (Å²) in [4.78, 5) is 16.2. The van der Waals surface area contributed by atoms with Crippen molar-refractivity contribution in [2.75, 3.05) is 38.5 Å². The van der Waals surface area contributed by atoms with Crippen LogP contribution in [-0.4, -0.2) is 72.5 Å². The molecule has 2 saturated heterocycles. The van der Waals surface area contributed by atoms with Gasteiger partial charge in [0.25, 0.3) is 0 Å². The smallest absolute Gasteiger partial charge is 0.249 e. The summed E-state index contributed by atoms with van der Waals surface area (Å²) >= 11 is 1.37. The number of likely N-dealkylation sites (tertiary alicyclic amines) is 1. The lowest BCUT2D eigenvalue weighted by atomic mass is 9.97. The summed E-state index contributed by atoms with van der Waals surface area (Å²) in [6, 6.07) is 26.4. The predicted molar refractivity (Wildman–Crippen MR) is 160 cm³/mol. The number of benzene rings is 3. The van der Waals surface area contributed by atoms with E-state index in [1.807, 2.05) is 72.8 Å². The van der Waals surface area contributed by atoms with Crippen molar-refractivity contribution in [1.82, 2.24) is 14.5 Å². The number of thioether (sulfide) groups is 1. The maximum atomic E-state index is 13.6. The molecule has 5 rings (SSSR count). The highest BCUT2D eigenvalue weighted by atomic mass is 32.2. The van der Waals surface area contributed by atoms with Gasteiger partial charge in [-0.2, -0.15) is 4.31 Å². The average molecular weight is 580 g/mol. The molecule has 2 atom stereocenters. The Morgan fingerprint density at radius 1 is 0.900 bits per heavy atom. The molecular weight excluding hydrogens is 542 g/mol. The van der Waals surface area contributed by atoms with E-state index in [9.17, 15) is 18.3 Å². The second-order valence-corrected chi connectivity index (χ2v) is 13.5. The lowest BCUT2D eigenvalue weighted by Crippen LogP contribution is -2.46. The van der Waals surface area contributed by atoms with Gasteiger partial charge >= 0.3 is 0 Å². The summed E-state index contributed by atoms with van der Waals surface area (Å²) in [6.07, 6.45) is 2.69. The number of hydrogen-bond donors (Lipinski definition) is 2. The number of carbonyl (C=O) groups is 1. The maximum Gasteiger partial charge on any atom is 0.249 e. The lowest BCUT2D eigenvalue weighted by molar-refractivity contribution is -0.123. The Morgan fingerprint density at radius 3 is 2.17 bits per heavy atom. The molecule has 212 valence electrons. The van der Waals surface area contributed by atoms with Crippen molar-refractivity contribution < 1.29 is 18.3 Å². The number of hydrogen-bond acceptors (Lipinski definition) is 6. The first-order valence-electron chi connectivity index (χ1n) is 13.9. The Hall–Kier alpha value is -2.69. The highest BCUT2D eigenvalue weighted by Crippen LogP contribution is 2.32.